The lowest BCUT2D eigenvalue weighted by atomic mass is 9.97. The number of rotatable bonds is 9. The number of pyridine rings is 1. The predicted octanol–water partition coefficient (Wildman–Crippen LogP) is 3.49. The first-order chi connectivity index (χ1) is 9.93. The van der Waals surface area contributed by atoms with Crippen molar-refractivity contribution in [2.45, 2.75) is 40.2 Å². The molecule has 0 aromatic carbocycles. The molecule has 1 aromatic rings. The molecular weight excluding hydrogens is 265 g/mol. The molecule has 0 aliphatic heterocycles. The minimum atomic E-state index is -0.280. The van der Waals surface area contributed by atoms with Crippen LogP contribution >= 0.6 is 0 Å². The zero-order chi connectivity index (χ0) is 15.8. The summed E-state index contributed by atoms with van der Waals surface area (Å²) in [5, 5.41) is 3.55. The summed E-state index contributed by atoms with van der Waals surface area (Å²) in [7, 11) is 2.16. The molecule has 0 bridgehead atoms. The Hall–Kier alpha value is -1.00. The van der Waals surface area contributed by atoms with E-state index in [1.807, 2.05) is 0 Å². The van der Waals surface area contributed by atoms with Gasteiger partial charge in [-0.15, -0.1) is 0 Å². The third-order valence-electron chi connectivity index (χ3n) is 3.53. The van der Waals surface area contributed by atoms with Gasteiger partial charge in [0, 0.05) is 13.1 Å². The average Bonchev–Trinajstić information content (AvgIpc) is 2.40. The standard InChI is InChI=1S/C17H30FN3/c1-6-9-19-17(16-8-7-15(18)10-20-16)14(4)12-21(5)11-13(2)3/h7-8,10,13-14,17,19H,6,9,11-12H2,1-5H3. The van der Waals surface area contributed by atoms with Gasteiger partial charge in [-0.3, -0.25) is 4.98 Å². The second kappa shape index (κ2) is 9.11. The highest BCUT2D eigenvalue weighted by molar-refractivity contribution is 5.11. The topological polar surface area (TPSA) is 28.2 Å². The van der Waals surface area contributed by atoms with Crippen molar-refractivity contribution in [3.63, 3.8) is 0 Å². The van der Waals surface area contributed by atoms with E-state index in [-0.39, 0.29) is 11.9 Å². The van der Waals surface area contributed by atoms with Crippen LogP contribution in [0.4, 0.5) is 4.39 Å². The largest absolute Gasteiger partial charge is 0.308 e. The molecule has 0 aliphatic rings. The van der Waals surface area contributed by atoms with Crippen LogP contribution in [0.3, 0.4) is 0 Å². The summed E-state index contributed by atoms with van der Waals surface area (Å²) in [6.07, 6.45) is 2.38. The van der Waals surface area contributed by atoms with Gasteiger partial charge < -0.3 is 10.2 Å². The maximum absolute atomic E-state index is 13.1. The SMILES string of the molecule is CCCNC(c1ccc(F)cn1)C(C)CN(C)CC(C)C. The first-order valence-corrected chi connectivity index (χ1v) is 7.97. The third-order valence-corrected chi connectivity index (χ3v) is 3.53. The second-order valence-electron chi connectivity index (χ2n) is 6.43. The molecule has 0 saturated heterocycles. The highest BCUT2D eigenvalue weighted by Gasteiger charge is 2.21. The zero-order valence-corrected chi connectivity index (χ0v) is 14.1. The van der Waals surface area contributed by atoms with Crippen molar-refractivity contribution in [1.82, 2.24) is 15.2 Å². The van der Waals surface area contributed by atoms with Crippen LogP contribution in [0.5, 0.6) is 0 Å². The van der Waals surface area contributed by atoms with Gasteiger partial charge in [-0.2, -0.15) is 0 Å². The Morgan fingerprint density at radius 3 is 2.48 bits per heavy atom. The van der Waals surface area contributed by atoms with E-state index in [0.29, 0.717) is 11.8 Å². The van der Waals surface area contributed by atoms with E-state index < -0.39 is 0 Å². The lowest BCUT2D eigenvalue weighted by molar-refractivity contribution is 0.226. The molecule has 4 heteroatoms. The molecule has 1 heterocycles. The highest BCUT2D eigenvalue weighted by Crippen LogP contribution is 2.21. The monoisotopic (exact) mass is 295 g/mol. The molecular formula is C17H30FN3. The van der Waals surface area contributed by atoms with E-state index in [9.17, 15) is 4.39 Å². The molecule has 1 N–H and O–H groups in total. The summed E-state index contributed by atoms with van der Waals surface area (Å²) in [6.45, 7) is 11.9. The molecule has 120 valence electrons. The third kappa shape index (κ3) is 6.53. The van der Waals surface area contributed by atoms with Crippen molar-refractivity contribution in [3.8, 4) is 0 Å². The number of nitrogens with zero attached hydrogens (tertiary/aromatic N) is 2. The summed E-state index contributed by atoms with van der Waals surface area (Å²) in [5.74, 6) is 0.795. The van der Waals surface area contributed by atoms with Crippen LogP contribution < -0.4 is 5.32 Å². The van der Waals surface area contributed by atoms with E-state index in [0.717, 1.165) is 31.7 Å². The van der Waals surface area contributed by atoms with E-state index in [1.54, 1.807) is 6.07 Å². The summed E-state index contributed by atoms with van der Waals surface area (Å²) in [6, 6.07) is 3.45. The summed E-state index contributed by atoms with van der Waals surface area (Å²) >= 11 is 0. The van der Waals surface area contributed by atoms with Gasteiger partial charge in [0.1, 0.15) is 5.82 Å². The number of hydrogen-bond acceptors (Lipinski definition) is 3. The van der Waals surface area contributed by atoms with Crippen molar-refractivity contribution in [2.75, 3.05) is 26.7 Å². The normalized spacial score (nSPS) is 14.7. The molecule has 0 radical (unpaired) electrons. The van der Waals surface area contributed by atoms with Crippen LogP contribution in [0, 0.1) is 17.7 Å². The van der Waals surface area contributed by atoms with Crippen molar-refractivity contribution >= 4 is 0 Å². The summed E-state index contributed by atoms with van der Waals surface area (Å²) < 4.78 is 13.1. The first-order valence-electron chi connectivity index (χ1n) is 7.97. The van der Waals surface area contributed by atoms with Crippen molar-refractivity contribution in [2.24, 2.45) is 11.8 Å². The molecule has 0 saturated carbocycles. The molecule has 2 unspecified atom stereocenters. The number of aromatic nitrogens is 1. The van der Waals surface area contributed by atoms with Gasteiger partial charge in [-0.05, 0) is 44.0 Å². The minimum absolute atomic E-state index is 0.167. The maximum atomic E-state index is 13.1. The highest BCUT2D eigenvalue weighted by atomic mass is 19.1. The van der Waals surface area contributed by atoms with Gasteiger partial charge in [-0.1, -0.05) is 27.7 Å². The van der Waals surface area contributed by atoms with Crippen LogP contribution in [0.2, 0.25) is 0 Å². The van der Waals surface area contributed by atoms with E-state index >= 15 is 0 Å². The van der Waals surface area contributed by atoms with Crippen LogP contribution in [0.1, 0.15) is 45.9 Å². The smallest absolute Gasteiger partial charge is 0.141 e. The molecule has 1 aromatic heterocycles. The van der Waals surface area contributed by atoms with E-state index in [1.165, 1.54) is 12.3 Å². The zero-order valence-electron chi connectivity index (χ0n) is 14.1. The maximum Gasteiger partial charge on any atom is 0.141 e. The molecule has 3 nitrogen and oxygen atoms in total. The molecule has 2 atom stereocenters. The van der Waals surface area contributed by atoms with E-state index in [2.05, 4.69) is 49.9 Å². The molecule has 0 fully saturated rings. The quantitative estimate of drug-likeness (QED) is 0.756. The Bertz CT molecular complexity index is 392. The Morgan fingerprint density at radius 1 is 1.24 bits per heavy atom. The average molecular weight is 295 g/mol. The van der Waals surface area contributed by atoms with Gasteiger partial charge in [0.2, 0.25) is 0 Å². The summed E-state index contributed by atoms with van der Waals surface area (Å²) in [4.78, 5) is 6.63. The fraction of sp³-hybridized carbons (Fsp3) is 0.706. The Labute approximate surface area is 129 Å². The number of nitrogens with one attached hydrogen (secondary N) is 1. The van der Waals surface area contributed by atoms with Crippen LogP contribution in [-0.4, -0.2) is 36.6 Å². The van der Waals surface area contributed by atoms with Gasteiger partial charge in [-0.25, -0.2) is 4.39 Å². The lowest BCUT2D eigenvalue weighted by Gasteiger charge is -2.29. The molecule has 1 rings (SSSR count). The molecule has 0 aliphatic carbocycles. The predicted molar refractivity (Wildman–Crippen MR) is 86.7 cm³/mol. The molecule has 0 spiro atoms. The Morgan fingerprint density at radius 2 is 1.95 bits per heavy atom. The fourth-order valence-corrected chi connectivity index (χ4v) is 2.76. The van der Waals surface area contributed by atoms with Gasteiger partial charge in [0.05, 0.1) is 17.9 Å². The Kier molecular flexibility index (Phi) is 7.83. The lowest BCUT2D eigenvalue weighted by Crippen LogP contribution is -2.36. The second-order valence-corrected chi connectivity index (χ2v) is 6.43. The first kappa shape index (κ1) is 18.1. The molecule has 0 amide bonds. The van der Waals surface area contributed by atoms with Crippen LogP contribution in [-0.2, 0) is 0 Å². The minimum Gasteiger partial charge on any atom is -0.308 e. The van der Waals surface area contributed by atoms with Crippen LogP contribution in [0.15, 0.2) is 18.3 Å². The van der Waals surface area contributed by atoms with Gasteiger partial charge >= 0.3 is 0 Å². The Balaban J connectivity index is 2.73. The summed E-state index contributed by atoms with van der Waals surface area (Å²) in [5.41, 5.74) is 0.926. The molecule has 21 heavy (non-hydrogen) atoms. The van der Waals surface area contributed by atoms with Gasteiger partial charge in [0.15, 0.2) is 0 Å². The van der Waals surface area contributed by atoms with E-state index in [4.69, 9.17) is 0 Å². The van der Waals surface area contributed by atoms with Crippen LogP contribution in [0.25, 0.3) is 0 Å². The van der Waals surface area contributed by atoms with Crippen molar-refractivity contribution < 1.29 is 4.39 Å². The van der Waals surface area contributed by atoms with Crippen molar-refractivity contribution in [3.05, 3.63) is 29.8 Å². The number of halogens is 1. The van der Waals surface area contributed by atoms with Crippen molar-refractivity contribution in [1.29, 1.82) is 0 Å². The fourth-order valence-electron chi connectivity index (χ4n) is 2.76. The van der Waals surface area contributed by atoms with Gasteiger partial charge in [0.25, 0.3) is 0 Å². The number of hydrogen-bond donors (Lipinski definition) is 1.